The maximum Gasteiger partial charge on any atom is 0.336 e. The van der Waals surface area contributed by atoms with Gasteiger partial charge in [-0.15, -0.1) is 0 Å². The summed E-state index contributed by atoms with van der Waals surface area (Å²) in [7, 11) is 0. The van der Waals surface area contributed by atoms with Crippen molar-refractivity contribution in [3.63, 3.8) is 0 Å². The predicted molar refractivity (Wildman–Crippen MR) is 174 cm³/mol. The third kappa shape index (κ3) is 7.76. The summed E-state index contributed by atoms with van der Waals surface area (Å²) in [5.74, 6) is -6.17. The van der Waals surface area contributed by atoms with Crippen molar-refractivity contribution >= 4 is 68.1 Å². The van der Waals surface area contributed by atoms with Crippen molar-refractivity contribution in [2.75, 3.05) is 0 Å². The van der Waals surface area contributed by atoms with E-state index >= 15 is 0 Å². The van der Waals surface area contributed by atoms with Gasteiger partial charge in [0.15, 0.2) is 0 Å². The summed E-state index contributed by atoms with van der Waals surface area (Å²) in [4.78, 5) is 64.8. The molecular formula is C36H24O12. The summed E-state index contributed by atoms with van der Waals surface area (Å²) in [5.41, 5.74) is 0.900. The summed E-state index contributed by atoms with van der Waals surface area (Å²) >= 11 is 0. The maximum atomic E-state index is 10.9. The molecule has 0 heterocycles. The molecule has 0 unspecified atom stereocenters. The number of hydrogen-bond donors (Lipinski definition) is 6. The number of fused-ring (bicyclic) bond motifs is 3. The summed E-state index contributed by atoms with van der Waals surface area (Å²) < 4.78 is 0. The molecule has 0 aliphatic carbocycles. The molecule has 0 amide bonds. The summed E-state index contributed by atoms with van der Waals surface area (Å²) in [6.45, 7) is 0. The third-order valence-corrected chi connectivity index (χ3v) is 7.05. The van der Waals surface area contributed by atoms with Crippen molar-refractivity contribution in [2.24, 2.45) is 0 Å². The Bertz CT molecular complexity index is 2110. The number of carboxylic acid groups (broad SMARTS) is 6. The highest BCUT2D eigenvalue weighted by atomic mass is 16.4. The molecule has 0 spiro atoms. The van der Waals surface area contributed by atoms with Gasteiger partial charge in [-0.25, -0.2) is 28.8 Å². The smallest absolute Gasteiger partial charge is 0.336 e. The molecule has 0 atom stereocenters. The third-order valence-electron chi connectivity index (χ3n) is 7.05. The first-order valence-electron chi connectivity index (χ1n) is 13.8. The summed E-state index contributed by atoms with van der Waals surface area (Å²) in [6, 6.07) is 27.6. The van der Waals surface area contributed by atoms with E-state index in [1.165, 1.54) is 72.8 Å². The molecule has 0 aromatic heterocycles. The lowest BCUT2D eigenvalue weighted by Crippen LogP contribution is -2.01. The first-order chi connectivity index (χ1) is 22.8. The molecule has 6 aromatic carbocycles. The highest BCUT2D eigenvalue weighted by Gasteiger charge is 2.13. The van der Waals surface area contributed by atoms with Gasteiger partial charge in [-0.1, -0.05) is 48.5 Å². The van der Waals surface area contributed by atoms with E-state index in [1.807, 2.05) is 0 Å². The van der Waals surface area contributed by atoms with Crippen molar-refractivity contribution in [1.82, 2.24) is 0 Å². The number of hydrogen-bond acceptors (Lipinski definition) is 6. The highest BCUT2D eigenvalue weighted by Crippen LogP contribution is 2.23. The lowest BCUT2D eigenvalue weighted by Gasteiger charge is -2.04. The van der Waals surface area contributed by atoms with Gasteiger partial charge in [0.25, 0.3) is 0 Å². The molecule has 6 N–H and O–H groups in total. The van der Waals surface area contributed by atoms with Crippen molar-refractivity contribution in [3.8, 4) is 0 Å². The normalized spacial score (nSPS) is 10.2. The molecule has 0 saturated carbocycles. The Balaban J connectivity index is 0.000000163. The van der Waals surface area contributed by atoms with Crippen LogP contribution in [0.5, 0.6) is 0 Å². The highest BCUT2D eigenvalue weighted by molar-refractivity contribution is 6.10. The first-order valence-corrected chi connectivity index (χ1v) is 13.8. The molecule has 12 heteroatoms. The Labute approximate surface area is 270 Å². The van der Waals surface area contributed by atoms with Gasteiger partial charge in [0.05, 0.1) is 33.4 Å². The van der Waals surface area contributed by atoms with Crippen LogP contribution in [0, 0.1) is 0 Å². The van der Waals surface area contributed by atoms with Gasteiger partial charge in [0.2, 0.25) is 0 Å². The van der Waals surface area contributed by atoms with Gasteiger partial charge in [-0.2, -0.15) is 0 Å². The lowest BCUT2D eigenvalue weighted by atomic mass is 10.0. The number of carbonyl (C=O) groups is 6. The van der Waals surface area contributed by atoms with E-state index in [1.54, 1.807) is 36.4 Å². The van der Waals surface area contributed by atoms with Crippen LogP contribution in [-0.2, 0) is 0 Å². The number of rotatable bonds is 6. The van der Waals surface area contributed by atoms with E-state index in [-0.39, 0.29) is 33.4 Å². The minimum absolute atomic E-state index is 0.112. The van der Waals surface area contributed by atoms with Crippen molar-refractivity contribution in [3.05, 3.63) is 143 Å². The van der Waals surface area contributed by atoms with Gasteiger partial charge >= 0.3 is 35.8 Å². The van der Waals surface area contributed by atoms with Crippen LogP contribution in [0.15, 0.2) is 109 Å². The Morgan fingerprint density at radius 3 is 0.896 bits per heavy atom. The van der Waals surface area contributed by atoms with Gasteiger partial charge in [-0.3, -0.25) is 0 Å². The van der Waals surface area contributed by atoms with Gasteiger partial charge in [0.1, 0.15) is 0 Å². The Morgan fingerprint density at radius 2 is 0.604 bits per heavy atom. The first kappa shape index (κ1) is 33.8. The van der Waals surface area contributed by atoms with E-state index in [4.69, 9.17) is 30.6 Å². The fraction of sp³-hybridized carbons (Fsp3) is 0. The average Bonchev–Trinajstić information content (AvgIpc) is 3.06. The van der Waals surface area contributed by atoms with Crippen LogP contribution in [0.4, 0.5) is 0 Å². The van der Waals surface area contributed by atoms with Crippen molar-refractivity contribution in [2.45, 2.75) is 0 Å². The van der Waals surface area contributed by atoms with Crippen LogP contribution >= 0.6 is 0 Å². The quantitative estimate of drug-likeness (QED) is 0.111. The van der Waals surface area contributed by atoms with E-state index in [2.05, 4.69) is 0 Å². The van der Waals surface area contributed by atoms with E-state index in [0.29, 0.717) is 26.9 Å². The predicted octanol–water partition coefficient (Wildman–Crippen LogP) is 6.71. The maximum absolute atomic E-state index is 10.9. The molecule has 240 valence electrons. The zero-order valence-electron chi connectivity index (χ0n) is 24.5. The standard InChI is InChI=1S/3C12H8O4/c13-11(14)9-3-1-7-5-10(12(15)16)4-2-8(7)6-9;13-11(14)8-3-1-7-2-4-9(12(15)16)6-10(7)5-8;13-11(14)9-5-1-3-7-8(9)4-2-6-10(7)12(15)16/h3*1-6H,(H,13,14)(H,15,16). The fourth-order valence-electron chi connectivity index (χ4n) is 4.71. The van der Waals surface area contributed by atoms with Crippen molar-refractivity contribution in [1.29, 1.82) is 0 Å². The van der Waals surface area contributed by atoms with Crippen LogP contribution in [0.2, 0.25) is 0 Å². The minimum Gasteiger partial charge on any atom is -0.478 e. The Hall–Kier alpha value is -7.08. The molecule has 0 aliphatic heterocycles. The second-order valence-electron chi connectivity index (χ2n) is 10.1. The van der Waals surface area contributed by atoms with Crippen LogP contribution in [-0.4, -0.2) is 66.5 Å². The summed E-state index contributed by atoms with van der Waals surface area (Å²) in [5, 5.41) is 56.9. The molecule has 6 rings (SSSR count). The largest absolute Gasteiger partial charge is 0.478 e. The van der Waals surface area contributed by atoms with Crippen LogP contribution < -0.4 is 0 Å². The minimum atomic E-state index is -1.06. The molecule has 12 nitrogen and oxygen atoms in total. The topological polar surface area (TPSA) is 224 Å². The van der Waals surface area contributed by atoms with E-state index in [0.717, 1.165) is 5.39 Å². The van der Waals surface area contributed by atoms with Gasteiger partial charge in [0, 0.05) is 0 Å². The Kier molecular flexibility index (Phi) is 10.1. The monoisotopic (exact) mass is 648 g/mol. The molecule has 48 heavy (non-hydrogen) atoms. The molecule has 6 aromatic rings. The second-order valence-corrected chi connectivity index (χ2v) is 10.1. The average molecular weight is 649 g/mol. The Morgan fingerprint density at radius 1 is 0.312 bits per heavy atom. The second kappa shape index (κ2) is 14.3. The molecule has 0 aliphatic rings. The SMILES string of the molecule is O=C(O)c1ccc2cc(C(=O)O)ccc2c1.O=C(O)c1ccc2ccc(C(=O)O)cc2c1.O=C(O)c1cccc2c(C(=O)O)cccc12. The van der Waals surface area contributed by atoms with Gasteiger partial charge < -0.3 is 30.6 Å². The van der Waals surface area contributed by atoms with E-state index in [9.17, 15) is 28.8 Å². The van der Waals surface area contributed by atoms with Crippen molar-refractivity contribution < 1.29 is 59.4 Å². The molecule has 0 fully saturated rings. The summed E-state index contributed by atoms with van der Waals surface area (Å²) in [6.07, 6.45) is 0. The lowest BCUT2D eigenvalue weighted by molar-refractivity contribution is 0.0686. The fourth-order valence-corrected chi connectivity index (χ4v) is 4.71. The van der Waals surface area contributed by atoms with Gasteiger partial charge in [-0.05, 0) is 93.0 Å². The number of aromatic carboxylic acids is 6. The van der Waals surface area contributed by atoms with E-state index < -0.39 is 35.8 Å². The molecule has 0 bridgehead atoms. The molecular weight excluding hydrogens is 624 g/mol. The zero-order valence-corrected chi connectivity index (χ0v) is 24.5. The van der Waals surface area contributed by atoms with Crippen LogP contribution in [0.3, 0.4) is 0 Å². The number of benzene rings is 6. The zero-order chi connectivity index (χ0) is 35.1. The van der Waals surface area contributed by atoms with Crippen LogP contribution in [0.25, 0.3) is 32.3 Å². The van der Waals surface area contributed by atoms with Crippen LogP contribution in [0.1, 0.15) is 62.1 Å². The molecule has 0 saturated heterocycles. The number of carboxylic acids is 6. The molecule has 0 radical (unpaired) electrons.